The van der Waals surface area contributed by atoms with Crippen LogP contribution >= 0.6 is 0 Å². The zero-order valence-corrected chi connectivity index (χ0v) is 40.9. The molecule has 2 atom stereocenters. The maximum absolute atomic E-state index is 12.8. The number of unbranched alkanes of at least 4 members (excludes halogenated alkanes) is 35. The van der Waals surface area contributed by atoms with E-state index in [0.29, 0.717) is 19.3 Å². The minimum Gasteiger partial charge on any atom is -0.462 e. The molecule has 6 heteroatoms. The first-order valence-electron chi connectivity index (χ1n) is 26.9. The van der Waals surface area contributed by atoms with Crippen molar-refractivity contribution in [2.24, 2.45) is 5.92 Å². The average molecular weight is 849 g/mol. The molecule has 0 bridgehead atoms. The lowest BCUT2D eigenvalue weighted by atomic mass is 9.99. The van der Waals surface area contributed by atoms with Gasteiger partial charge in [-0.3, -0.25) is 14.4 Å². The predicted octanol–water partition coefficient (Wildman–Crippen LogP) is 17.5. The summed E-state index contributed by atoms with van der Waals surface area (Å²) in [5.74, 6) is 0.0507. The van der Waals surface area contributed by atoms with Gasteiger partial charge in [-0.2, -0.15) is 0 Å². The smallest absolute Gasteiger partial charge is 0.306 e. The minimum absolute atomic E-state index is 0.0625. The van der Waals surface area contributed by atoms with Crippen LogP contribution in [0.25, 0.3) is 0 Å². The average Bonchev–Trinajstić information content (AvgIpc) is 3.25. The summed E-state index contributed by atoms with van der Waals surface area (Å²) in [6, 6.07) is 0. The number of carbonyl (C=O) groups is 3. The number of hydrogen-bond donors (Lipinski definition) is 0. The molecule has 0 aliphatic carbocycles. The van der Waals surface area contributed by atoms with Gasteiger partial charge in [0.25, 0.3) is 0 Å². The molecule has 0 heterocycles. The van der Waals surface area contributed by atoms with Gasteiger partial charge in [-0.15, -0.1) is 0 Å². The standard InChI is InChI=1S/C54H104O6/c1-5-8-10-12-14-16-17-18-19-23-26-30-34-38-42-46-53(56)59-49-51(48-58-52(55)45-41-37-33-28-15-13-11-9-6-2)60-54(57)47-43-39-35-31-27-24-21-20-22-25-29-32-36-40-44-50(4)7-3/h50-51H,5-49H2,1-4H3/t50?,51-/m0/s1. The largest absolute Gasteiger partial charge is 0.462 e. The first-order chi connectivity index (χ1) is 29.4. The van der Waals surface area contributed by atoms with E-state index in [1.165, 1.54) is 199 Å². The van der Waals surface area contributed by atoms with Gasteiger partial charge in [0.05, 0.1) is 0 Å². The molecule has 0 radical (unpaired) electrons. The minimum atomic E-state index is -0.760. The SMILES string of the molecule is CCCCCCCCCCCCCCCCCC(=O)OC[C@H](COC(=O)CCCCCCCCCCC)OC(=O)CCCCCCCCCCCCCCCCC(C)CC. The van der Waals surface area contributed by atoms with Gasteiger partial charge in [0.2, 0.25) is 0 Å². The van der Waals surface area contributed by atoms with Crippen molar-refractivity contribution >= 4 is 17.9 Å². The molecule has 0 aromatic rings. The van der Waals surface area contributed by atoms with Gasteiger partial charge >= 0.3 is 17.9 Å². The summed E-state index contributed by atoms with van der Waals surface area (Å²) >= 11 is 0. The second-order valence-electron chi connectivity index (χ2n) is 18.8. The first kappa shape index (κ1) is 58.4. The van der Waals surface area contributed by atoms with Gasteiger partial charge < -0.3 is 14.2 Å². The summed E-state index contributed by atoms with van der Waals surface area (Å²) < 4.78 is 16.8. The Bertz CT molecular complexity index is 905. The van der Waals surface area contributed by atoms with Crippen molar-refractivity contribution in [2.45, 2.75) is 310 Å². The molecule has 0 N–H and O–H groups in total. The van der Waals surface area contributed by atoms with E-state index in [1.54, 1.807) is 0 Å². The lowest BCUT2D eigenvalue weighted by Crippen LogP contribution is -2.30. The number of hydrogen-bond acceptors (Lipinski definition) is 6. The van der Waals surface area contributed by atoms with Gasteiger partial charge in [0, 0.05) is 19.3 Å². The number of rotatable bonds is 49. The lowest BCUT2D eigenvalue weighted by molar-refractivity contribution is -0.167. The van der Waals surface area contributed by atoms with E-state index in [1.807, 2.05) is 0 Å². The fraction of sp³-hybridized carbons (Fsp3) is 0.944. The number of carbonyl (C=O) groups excluding carboxylic acids is 3. The van der Waals surface area contributed by atoms with Crippen LogP contribution in [0.4, 0.5) is 0 Å². The van der Waals surface area contributed by atoms with E-state index in [2.05, 4.69) is 27.7 Å². The fourth-order valence-corrected chi connectivity index (χ4v) is 8.19. The Morgan fingerprint density at radius 3 is 0.867 bits per heavy atom. The van der Waals surface area contributed by atoms with Gasteiger partial charge in [-0.25, -0.2) is 0 Å². The molecule has 0 aromatic heterocycles. The van der Waals surface area contributed by atoms with Gasteiger partial charge in [-0.1, -0.05) is 265 Å². The highest BCUT2D eigenvalue weighted by Crippen LogP contribution is 2.18. The number of ether oxygens (including phenoxy) is 3. The Morgan fingerprint density at radius 1 is 0.333 bits per heavy atom. The van der Waals surface area contributed by atoms with Gasteiger partial charge in [0.15, 0.2) is 6.10 Å². The number of esters is 3. The molecule has 0 aliphatic rings. The highest BCUT2D eigenvalue weighted by atomic mass is 16.6. The molecule has 1 unspecified atom stereocenters. The third-order valence-corrected chi connectivity index (χ3v) is 12.7. The molecule has 0 aliphatic heterocycles. The topological polar surface area (TPSA) is 78.9 Å². The maximum atomic E-state index is 12.8. The van der Waals surface area contributed by atoms with Crippen LogP contribution in [0.2, 0.25) is 0 Å². The molecule has 356 valence electrons. The second kappa shape index (κ2) is 48.4. The predicted molar refractivity (Wildman–Crippen MR) is 257 cm³/mol. The van der Waals surface area contributed by atoms with Crippen molar-refractivity contribution in [3.63, 3.8) is 0 Å². The van der Waals surface area contributed by atoms with Crippen LogP contribution in [0.3, 0.4) is 0 Å². The summed E-state index contributed by atoms with van der Waals surface area (Å²) in [5.41, 5.74) is 0. The van der Waals surface area contributed by atoms with Crippen LogP contribution in [0, 0.1) is 5.92 Å². The van der Waals surface area contributed by atoms with Crippen LogP contribution in [-0.2, 0) is 28.6 Å². The second-order valence-corrected chi connectivity index (χ2v) is 18.8. The molecule has 0 amide bonds. The van der Waals surface area contributed by atoms with Crippen molar-refractivity contribution in [3.05, 3.63) is 0 Å². The Morgan fingerprint density at radius 2 is 0.583 bits per heavy atom. The van der Waals surface area contributed by atoms with E-state index >= 15 is 0 Å². The molecule has 0 rings (SSSR count). The highest BCUT2D eigenvalue weighted by molar-refractivity contribution is 5.71. The Hall–Kier alpha value is -1.59. The summed E-state index contributed by atoms with van der Waals surface area (Å²) in [4.78, 5) is 37.9. The molecular weight excluding hydrogens is 745 g/mol. The van der Waals surface area contributed by atoms with Crippen LogP contribution in [0.15, 0.2) is 0 Å². The Balaban J connectivity index is 4.25. The molecule has 0 saturated heterocycles. The van der Waals surface area contributed by atoms with Crippen molar-refractivity contribution < 1.29 is 28.6 Å². The third-order valence-electron chi connectivity index (χ3n) is 12.7. The van der Waals surface area contributed by atoms with Crippen LogP contribution in [0.1, 0.15) is 304 Å². The zero-order chi connectivity index (χ0) is 43.8. The first-order valence-corrected chi connectivity index (χ1v) is 26.9. The molecule has 6 nitrogen and oxygen atoms in total. The molecule has 0 spiro atoms. The normalized spacial score (nSPS) is 12.4. The van der Waals surface area contributed by atoms with E-state index < -0.39 is 6.10 Å². The van der Waals surface area contributed by atoms with Crippen molar-refractivity contribution in [3.8, 4) is 0 Å². The van der Waals surface area contributed by atoms with Crippen LogP contribution < -0.4 is 0 Å². The molecule has 0 fully saturated rings. The zero-order valence-electron chi connectivity index (χ0n) is 40.9. The summed E-state index contributed by atoms with van der Waals surface area (Å²) in [6.07, 6.45) is 50.8. The summed E-state index contributed by atoms with van der Waals surface area (Å²) in [7, 11) is 0. The Labute approximate surface area is 374 Å². The summed E-state index contributed by atoms with van der Waals surface area (Å²) in [6.45, 7) is 9.06. The quantitative estimate of drug-likeness (QED) is 0.0345. The van der Waals surface area contributed by atoms with Gasteiger partial charge in [0.1, 0.15) is 13.2 Å². The molecular formula is C54H104O6. The van der Waals surface area contributed by atoms with E-state index in [-0.39, 0.29) is 31.1 Å². The fourth-order valence-electron chi connectivity index (χ4n) is 8.19. The summed E-state index contributed by atoms with van der Waals surface area (Å²) in [5, 5.41) is 0. The van der Waals surface area contributed by atoms with Crippen molar-refractivity contribution in [2.75, 3.05) is 13.2 Å². The monoisotopic (exact) mass is 849 g/mol. The van der Waals surface area contributed by atoms with E-state index in [4.69, 9.17) is 14.2 Å². The highest BCUT2D eigenvalue weighted by Gasteiger charge is 2.19. The molecule has 60 heavy (non-hydrogen) atoms. The van der Waals surface area contributed by atoms with Crippen LogP contribution in [0.5, 0.6) is 0 Å². The van der Waals surface area contributed by atoms with Crippen molar-refractivity contribution in [1.29, 1.82) is 0 Å². The van der Waals surface area contributed by atoms with Crippen molar-refractivity contribution in [1.82, 2.24) is 0 Å². The third kappa shape index (κ3) is 45.9. The molecule has 0 aromatic carbocycles. The van der Waals surface area contributed by atoms with E-state index in [0.717, 1.165) is 63.7 Å². The lowest BCUT2D eigenvalue weighted by Gasteiger charge is -2.18. The maximum Gasteiger partial charge on any atom is 0.306 e. The van der Waals surface area contributed by atoms with Crippen LogP contribution in [-0.4, -0.2) is 37.2 Å². The Kier molecular flexibility index (Phi) is 47.2. The molecule has 0 saturated carbocycles. The van der Waals surface area contributed by atoms with Gasteiger partial charge in [-0.05, 0) is 25.2 Å². The van der Waals surface area contributed by atoms with E-state index in [9.17, 15) is 14.4 Å².